The van der Waals surface area contributed by atoms with Crippen LogP contribution in [0.15, 0.2) is 48.7 Å². The fourth-order valence-electron chi connectivity index (χ4n) is 2.67. The Morgan fingerprint density at radius 2 is 2.00 bits per heavy atom. The molecule has 1 aliphatic heterocycles. The van der Waals surface area contributed by atoms with E-state index in [9.17, 15) is 0 Å². The second-order valence-electron chi connectivity index (χ2n) is 5.56. The number of rotatable bonds is 5. The predicted molar refractivity (Wildman–Crippen MR) is 88.0 cm³/mol. The van der Waals surface area contributed by atoms with Crippen molar-refractivity contribution in [3.05, 3.63) is 54.3 Å². The Labute approximate surface area is 131 Å². The quantitative estimate of drug-likeness (QED) is 0.763. The van der Waals surface area contributed by atoms with Gasteiger partial charge in [0.1, 0.15) is 5.75 Å². The molecule has 3 heteroatoms. The summed E-state index contributed by atoms with van der Waals surface area (Å²) in [6, 6.07) is 12.6. The highest BCUT2D eigenvalue weighted by Crippen LogP contribution is 2.22. The topological polar surface area (TPSA) is 27.7 Å². The molecule has 0 aromatic heterocycles. The van der Waals surface area contributed by atoms with E-state index >= 15 is 0 Å². The van der Waals surface area contributed by atoms with Crippen molar-refractivity contribution in [2.45, 2.75) is 32.0 Å². The second-order valence-corrected chi connectivity index (χ2v) is 5.56. The van der Waals surface area contributed by atoms with E-state index in [1.807, 2.05) is 12.1 Å². The van der Waals surface area contributed by atoms with Crippen LogP contribution >= 0.6 is 0 Å². The molecule has 0 bridgehead atoms. The number of allylic oxidation sites excluding steroid dienone is 1. The van der Waals surface area contributed by atoms with E-state index in [1.54, 1.807) is 13.4 Å². The zero-order valence-electron chi connectivity index (χ0n) is 13.0. The highest BCUT2D eigenvalue weighted by atomic mass is 16.7. The molecule has 1 aliphatic rings. The van der Waals surface area contributed by atoms with Crippen molar-refractivity contribution in [1.29, 1.82) is 0 Å². The highest BCUT2D eigenvalue weighted by Gasteiger charge is 2.12. The Kier molecular flexibility index (Phi) is 4.96. The van der Waals surface area contributed by atoms with E-state index in [0.717, 1.165) is 31.6 Å². The average Bonchev–Trinajstić information content (AvgIpc) is 2.59. The average molecular weight is 298 g/mol. The number of methoxy groups -OCH3 is 1. The molecule has 22 heavy (non-hydrogen) atoms. The summed E-state index contributed by atoms with van der Waals surface area (Å²) >= 11 is 0. The normalized spacial score (nSPS) is 18.7. The van der Waals surface area contributed by atoms with Crippen molar-refractivity contribution in [2.24, 2.45) is 0 Å². The lowest BCUT2D eigenvalue weighted by Crippen LogP contribution is -2.19. The Morgan fingerprint density at radius 1 is 1.14 bits per heavy atom. The van der Waals surface area contributed by atoms with Gasteiger partial charge in [0.25, 0.3) is 0 Å². The first-order chi connectivity index (χ1) is 10.8. The molecular weight excluding hydrogens is 276 g/mol. The van der Waals surface area contributed by atoms with Gasteiger partial charge in [-0.25, -0.2) is 0 Å². The number of hydrogen-bond acceptors (Lipinski definition) is 3. The maximum absolute atomic E-state index is 5.60. The molecule has 2 aromatic carbocycles. The van der Waals surface area contributed by atoms with Gasteiger partial charge in [0.05, 0.1) is 20.0 Å². The third-order valence-electron chi connectivity index (χ3n) is 3.93. The van der Waals surface area contributed by atoms with Crippen molar-refractivity contribution in [3.63, 3.8) is 0 Å². The zero-order chi connectivity index (χ0) is 15.2. The minimum atomic E-state index is -0.0610. The molecule has 2 aromatic rings. The molecule has 0 spiro atoms. The summed E-state index contributed by atoms with van der Waals surface area (Å²) in [4.78, 5) is 0. The molecule has 0 saturated carbocycles. The lowest BCUT2D eigenvalue weighted by molar-refractivity contribution is -0.129. The molecule has 1 saturated heterocycles. The summed E-state index contributed by atoms with van der Waals surface area (Å²) in [5.41, 5.74) is 1.27. The molecule has 3 nitrogen and oxygen atoms in total. The number of ether oxygens (including phenoxy) is 3. The molecule has 1 heterocycles. The Morgan fingerprint density at radius 3 is 2.82 bits per heavy atom. The molecule has 1 unspecified atom stereocenters. The molecule has 1 atom stereocenters. The van der Waals surface area contributed by atoms with Crippen LogP contribution in [0.4, 0.5) is 0 Å². The van der Waals surface area contributed by atoms with Gasteiger partial charge in [-0.1, -0.05) is 24.3 Å². The minimum absolute atomic E-state index is 0.0610. The summed E-state index contributed by atoms with van der Waals surface area (Å²) in [6.45, 7) is 0.812. The van der Waals surface area contributed by atoms with Crippen LogP contribution < -0.4 is 4.74 Å². The first-order valence-corrected chi connectivity index (χ1v) is 7.84. The third kappa shape index (κ3) is 3.80. The van der Waals surface area contributed by atoms with Gasteiger partial charge in [-0.15, -0.1) is 0 Å². The van der Waals surface area contributed by atoms with Gasteiger partial charge in [-0.3, -0.25) is 0 Å². The summed E-state index contributed by atoms with van der Waals surface area (Å²) in [7, 11) is 1.69. The summed E-state index contributed by atoms with van der Waals surface area (Å²) in [5, 5.41) is 2.42. The third-order valence-corrected chi connectivity index (χ3v) is 3.93. The van der Waals surface area contributed by atoms with Crippen LogP contribution in [0.5, 0.6) is 5.75 Å². The van der Waals surface area contributed by atoms with Gasteiger partial charge in [-0.05, 0) is 53.8 Å². The maximum Gasteiger partial charge on any atom is 0.198 e. The molecule has 0 amide bonds. The van der Waals surface area contributed by atoms with E-state index < -0.39 is 0 Å². The molecule has 0 radical (unpaired) electrons. The smallest absolute Gasteiger partial charge is 0.198 e. The summed E-state index contributed by atoms with van der Waals surface area (Å²) in [5.74, 6) is 0.890. The maximum atomic E-state index is 5.60. The van der Waals surface area contributed by atoms with Crippen LogP contribution in [0.25, 0.3) is 10.8 Å². The summed E-state index contributed by atoms with van der Waals surface area (Å²) in [6.07, 6.45) is 7.93. The lowest BCUT2D eigenvalue weighted by atomic mass is 10.0. The van der Waals surface area contributed by atoms with Crippen molar-refractivity contribution in [2.75, 3.05) is 13.7 Å². The Hall–Kier alpha value is -2.00. The van der Waals surface area contributed by atoms with Gasteiger partial charge in [0, 0.05) is 6.42 Å². The predicted octanol–water partition coefficient (Wildman–Crippen LogP) is 4.45. The monoisotopic (exact) mass is 298 g/mol. The van der Waals surface area contributed by atoms with Gasteiger partial charge in [0.2, 0.25) is 0 Å². The van der Waals surface area contributed by atoms with Crippen LogP contribution in [-0.2, 0) is 15.9 Å². The van der Waals surface area contributed by atoms with Gasteiger partial charge < -0.3 is 14.2 Å². The SMILES string of the molecule is COc1ccc2cc(C/C=C\OC3CCCCO3)ccc2c1. The Balaban J connectivity index is 1.59. The zero-order valence-corrected chi connectivity index (χ0v) is 13.0. The van der Waals surface area contributed by atoms with Gasteiger partial charge in [0.15, 0.2) is 6.29 Å². The van der Waals surface area contributed by atoms with Crippen molar-refractivity contribution in [3.8, 4) is 5.75 Å². The lowest BCUT2D eigenvalue weighted by Gasteiger charge is -2.21. The summed E-state index contributed by atoms with van der Waals surface area (Å²) < 4.78 is 16.4. The second kappa shape index (κ2) is 7.32. The standard InChI is InChI=1S/C19H22O3/c1-20-18-10-9-16-13-15(7-8-17(16)14-18)5-4-12-22-19-6-2-3-11-21-19/h4,7-10,12-14,19H,2-3,5-6,11H2,1H3/b12-4-. The Bertz CT molecular complexity index is 642. The fourth-order valence-corrected chi connectivity index (χ4v) is 2.67. The fraction of sp³-hybridized carbons (Fsp3) is 0.368. The molecule has 0 aliphatic carbocycles. The highest BCUT2D eigenvalue weighted by molar-refractivity contribution is 5.84. The van der Waals surface area contributed by atoms with Gasteiger partial charge >= 0.3 is 0 Å². The van der Waals surface area contributed by atoms with Crippen LogP contribution in [0, 0.1) is 0 Å². The molecule has 3 rings (SSSR count). The van der Waals surface area contributed by atoms with Crippen molar-refractivity contribution < 1.29 is 14.2 Å². The van der Waals surface area contributed by atoms with Crippen LogP contribution in [0.1, 0.15) is 24.8 Å². The van der Waals surface area contributed by atoms with Crippen LogP contribution in [0.3, 0.4) is 0 Å². The number of fused-ring (bicyclic) bond motifs is 1. The van der Waals surface area contributed by atoms with E-state index in [2.05, 4.69) is 30.3 Å². The van der Waals surface area contributed by atoms with E-state index in [0.29, 0.717) is 0 Å². The molecule has 0 N–H and O–H groups in total. The first kappa shape index (κ1) is 14.9. The van der Waals surface area contributed by atoms with E-state index in [-0.39, 0.29) is 6.29 Å². The van der Waals surface area contributed by atoms with E-state index in [4.69, 9.17) is 14.2 Å². The van der Waals surface area contributed by atoms with E-state index in [1.165, 1.54) is 22.8 Å². The molecular formula is C19H22O3. The molecule has 1 fully saturated rings. The largest absolute Gasteiger partial charge is 0.497 e. The minimum Gasteiger partial charge on any atom is -0.497 e. The van der Waals surface area contributed by atoms with Crippen LogP contribution in [-0.4, -0.2) is 20.0 Å². The van der Waals surface area contributed by atoms with Crippen LogP contribution in [0.2, 0.25) is 0 Å². The number of hydrogen-bond donors (Lipinski definition) is 0. The molecule has 116 valence electrons. The first-order valence-electron chi connectivity index (χ1n) is 7.84. The van der Waals surface area contributed by atoms with Gasteiger partial charge in [-0.2, -0.15) is 0 Å². The van der Waals surface area contributed by atoms with Crippen molar-refractivity contribution >= 4 is 10.8 Å². The van der Waals surface area contributed by atoms with Crippen molar-refractivity contribution in [1.82, 2.24) is 0 Å². The number of benzene rings is 2.